The minimum absolute atomic E-state index is 0.198. The predicted molar refractivity (Wildman–Crippen MR) is 73.8 cm³/mol. The summed E-state index contributed by atoms with van der Waals surface area (Å²) >= 11 is 0. The second kappa shape index (κ2) is 7.01. The average molecular weight is 285 g/mol. The van der Waals surface area contributed by atoms with E-state index in [1.807, 2.05) is 0 Å². The van der Waals surface area contributed by atoms with Crippen molar-refractivity contribution in [1.29, 1.82) is 5.26 Å². The highest BCUT2D eigenvalue weighted by Crippen LogP contribution is 2.26. The fraction of sp³-hybridized carbons (Fsp3) is 0.133. The first-order valence-electron chi connectivity index (χ1n) is 6.17. The second-order valence-electron chi connectivity index (χ2n) is 4.17. The van der Waals surface area contributed by atoms with E-state index in [1.165, 1.54) is 12.1 Å². The summed E-state index contributed by atoms with van der Waals surface area (Å²) in [6.45, 7) is 0.259. The number of hydrogen-bond acceptors (Lipinski definition) is 4. The minimum Gasteiger partial charge on any atom is -0.487 e. The molecule has 2 rings (SSSR count). The Labute approximate surface area is 121 Å². The fourth-order valence-electron chi connectivity index (χ4n) is 1.63. The quantitative estimate of drug-likeness (QED) is 0.916. The van der Waals surface area contributed by atoms with E-state index in [0.717, 1.165) is 11.6 Å². The molecule has 0 spiro atoms. The van der Waals surface area contributed by atoms with Crippen molar-refractivity contribution in [2.45, 2.75) is 13.0 Å². The van der Waals surface area contributed by atoms with Crippen molar-refractivity contribution in [3.05, 3.63) is 54.1 Å². The molecule has 1 heterocycles. The molecular formula is C15H12FN3O2. The van der Waals surface area contributed by atoms with E-state index >= 15 is 0 Å². The highest BCUT2D eigenvalue weighted by molar-refractivity contribution is 5.93. The van der Waals surface area contributed by atoms with Crippen LogP contribution in [0.15, 0.2) is 42.7 Å². The summed E-state index contributed by atoms with van der Waals surface area (Å²) in [7, 11) is 0. The van der Waals surface area contributed by atoms with Gasteiger partial charge in [0.05, 0.1) is 11.8 Å². The van der Waals surface area contributed by atoms with Gasteiger partial charge in [0, 0.05) is 18.5 Å². The Morgan fingerprint density at radius 2 is 2.10 bits per heavy atom. The third kappa shape index (κ3) is 4.28. The molecule has 1 amide bonds. The van der Waals surface area contributed by atoms with Crippen molar-refractivity contribution < 1.29 is 13.9 Å². The van der Waals surface area contributed by atoms with Gasteiger partial charge in [0.2, 0.25) is 5.91 Å². The lowest BCUT2D eigenvalue weighted by atomic mass is 10.2. The molecule has 0 aliphatic rings. The standard InChI is InChI=1S/C15H12FN3O2/c16-12-1-2-14(13(9-12)19-15(20)3-6-17)21-10-11-4-7-18-8-5-11/h1-2,4-5,7-9H,3,10H2,(H,19,20). The maximum atomic E-state index is 13.3. The molecule has 0 fully saturated rings. The Kier molecular flexibility index (Phi) is 4.83. The van der Waals surface area contributed by atoms with Gasteiger partial charge >= 0.3 is 0 Å². The number of benzene rings is 1. The molecule has 0 saturated heterocycles. The van der Waals surface area contributed by atoms with Crippen LogP contribution in [-0.4, -0.2) is 10.9 Å². The first kappa shape index (κ1) is 14.5. The molecule has 0 radical (unpaired) electrons. The highest BCUT2D eigenvalue weighted by Gasteiger charge is 2.09. The molecule has 1 N–H and O–H groups in total. The van der Waals surface area contributed by atoms with Gasteiger partial charge in [0.25, 0.3) is 0 Å². The number of aromatic nitrogens is 1. The number of nitrogens with one attached hydrogen (secondary N) is 1. The van der Waals surface area contributed by atoms with Crippen LogP contribution in [-0.2, 0) is 11.4 Å². The highest BCUT2D eigenvalue weighted by atomic mass is 19.1. The monoisotopic (exact) mass is 285 g/mol. The van der Waals surface area contributed by atoms with Gasteiger partial charge in [-0.15, -0.1) is 0 Å². The maximum Gasteiger partial charge on any atom is 0.238 e. The summed E-state index contributed by atoms with van der Waals surface area (Å²) in [4.78, 5) is 15.3. The largest absolute Gasteiger partial charge is 0.487 e. The molecule has 0 unspecified atom stereocenters. The third-order valence-electron chi connectivity index (χ3n) is 2.60. The smallest absolute Gasteiger partial charge is 0.238 e. The minimum atomic E-state index is -0.517. The Morgan fingerprint density at radius 1 is 1.33 bits per heavy atom. The lowest BCUT2D eigenvalue weighted by molar-refractivity contribution is -0.115. The molecule has 0 saturated carbocycles. The topological polar surface area (TPSA) is 75.0 Å². The number of nitriles is 1. The molecule has 0 bridgehead atoms. The van der Waals surface area contributed by atoms with E-state index < -0.39 is 11.7 Å². The van der Waals surface area contributed by atoms with Crippen molar-refractivity contribution >= 4 is 11.6 Å². The van der Waals surface area contributed by atoms with Crippen LogP contribution in [0.1, 0.15) is 12.0 Å². The number of anilines is 1. The molecule has 21 heavy (non-hydrogen) atoms. The number of halogens is 1. The van der Waals surface area contributed by atoms with Gasteiger partial charge in [-0.1, -0.05) is 0 Å². The van der Waals surface area contributed by atoms with Gasteiger partial charge < -0.3 is 10.1 Å². The van der Waals surface area contributed by atoms with E-state index in [-0.39, 0.29) is 18.7 Å². The SMILES string of the molecule is N#CCC(=O)Nc1cc(F)ccc1OCc1ccncc1. The van der Waals surface area contributed by atoms with Crippen LogP contribution >= 0.6 is 0 Å². The number of ether oxygens (including phenoxy) is 1. The van der Waals surface area contributed by atoms with Crippen molar-refractivity contribution in [3.63, 3.8) is 0 Å². The number of hydrogen-bond donors (Lipinski definition) is 1. The van der Waals surface area contributed by atoms with E-state index in [9.17, 15) is 9.18 Å². The number of nitrogens with zero attached hydrogens (tertiary/aromatic N) is 2. The zero-order valence-corrected chi connectivity index (χ0v) is 11.0. The lowest BCUT2D eigenvalue weighted by Crippen LogP contribution is -2.11. The van der Waals surface area contributed by atoms with Crippen molar-refractivity contribution in [2.24, 2.45) is 0 Å². The summed E-state index contributed by atoms with van der Waals surface area (Å²) < 4.78 is 18.8. The molecule has 0 aliphatic heterocycles. The molecule has 106 valence electrons. The Bertz CT molecular complexity index is 668. The molecule has 1 aromatic carbocycles. The van der Waals surface area contributed by atoms with Crippen LogP contribution in [0.4, 0.5) is 10.1 Å². The predicted octanol–water partition coefficient (Wildman–Crippen LogP) is 2.65. The zero-order valence-electron chi connectivity index (χ0n) is 11.0. The average Bonchev–Trinajstić information content (AvgIpc) is 2.48. The van der Waals surface area contributed by atoms with Crippen LogP contribution in [0, 0.1) is 17.1 Å². The van der Waals surface area contributed by atoms with E-state index in [0.29, 0.717) is 5.75 Å². The van der Waals surface area contributed by atoms with Crippen molar-refractivity contribution in [1.82, 2.24) is 4.98 Å². The van der Waals surface area contributed by atoms with E-state index in [2.05, 4.69) is 10.3 Å². The molecule has 0 atom stereocenters. The van der Waals surface area contributed by atoms with Crippen LogP contribution < -0.4 is 10.1 Å². The van der Waals surface area contributed by atoms with Gasteiger partial charge in [0.15, 0.2) is 0 Å². The molecule has 2 aromatic rings. The van der Waals surface area contributed by atoms with Crippen molar-refractivity contribution in [2.75, 3.05) is 5.32 Å². The zero-order chi connectivity index (χ0) is 15.1. The third-order valence-corrected chi connectivity index (χ3v) is 2.60. The first-order chi connectivity index (χ1) is 10.2. The van der Waals surface area contributed by atoms with Gasteiger partial charge in [-0.25, -0.2) is 4.39 Å². The number of carbonyl (C=O) groups excluding carboxylic acids is 1. The van der Waals surface area contributed by atoms with Gasteiger partial charge in [-0.05, 0) is 29.8 Å². The van der Waals surface area contributed by atoms with E-state index in [4.69, 9.17) is 10.00 Å². The van der Waals surface area contributed by atoms with Crippen molar-refractivity contribution in [3.8, 4) is 11.8 Å². The van der Waals surface area contributed by atoms with Crippen LogP contribution in [0.2, 0.25) is 0 Å². The Balaban J connectivity index is 2.11. The number of pyridine rings is 1. The summed E-state index contributed by atoms with van der Waals surface area (Å²) in [5, 5.41) is 10.9. The maximum absolute atomic E-state index is 13.3. The molecule has 5 nitrogen and oxygen atoms in total. The van der Waals surface area contributed by atoms with Crippen LogP contribution in [0.25, 0.3) is 0 Å². The van der Waals surface area contributed by atoms with Gasteiger partial charge in [-0.2, -0.15) is 5.26 Å². The second-order valence-corrected chi connectivity index (χ2v) is 4.17. The fourth-order valence-corrected chi connectivity index (χ4v) is 1.63. The molecular weight excluding hydrogens is 273 g/mol. The Morgan fingerprint density at radius 3 is 2.81 bits per heavy atom. The normalized spacial score (nSPS) is 9.71. The van der Waals surface area contributed by atoms with Crippen LogP contribution in [0.5, 0.6) is 5.75 Å². The molecule has 1 aromatic heterocycles. The first-order valence-corrected chi connectivity index (χ1v) is 6.17. The van der Waals surface area contributed by atoms with E-state index in [1.54, 1.807) is 30.6 Å². The summed E-state index contributed by atoms with van der Waals surface area (Å²) in [6, 6.07) is 9.12. The van der Waals surface area contributed by atoms with Gasteiger partial charge in [-0.3, -0.25) is 9.78 Å². The summed E-state index contributed by atoms with van der Waals surface area (Å²) in [5.41, 5.74) is 1.09. The Hall–Kier alpha value is -2.94. The summed E-state index contributed by atoms with van der Waals surface area (Å²) in [6.07, 6.45) is 2.97. The number of amides is 1. The number of carbonyl (C=O) groups is 1. The number of rotatable bonds is 5. The van der Waals surface area contributed by atoms with Gasteiger partial charge in [0.1, 0.15) is 24.6 Å². The lowest BCUT2D eigenvalue weighted by Gasteiger charge is -2.12. The summed E-state index contributed by atoms with van der Waals surface area (Å²) in [5.74, 6) is -0.685. The molecule has 0 aliphatic carbocycles. The van der Waals surface area contributed by atoms with Crippen LogP contribution in [0.3, 0.4) is 0 Å². The molecule has 6 heteroatoms.